The minimum atomic E-state index is -0.493. The second-order valence-electron chi connectivity index (χ2n) is 4.35. The summed E-state index contributed by atoms with van der Waals surface area (Å²) in [6.07, 6.45) is 0.495. The van der Waals surface area contributed by atoms with Crippen LogP contribution < -0.4 is 15.0 Å². The van der Waals surface area contributed by atoms with Crippen molar-refractivity contribution >= 4 is 17.5 Å². The number of carbonyl (C=O) groups is 2. The van der Waals surface area contributed by atoms with Crippen molar-refractivity contribution in [1.29, 1.82) is 0 Å². The Morgan fingerprint density at radius 1 is 1.50 bits per heavy atom. The van der Waals surface area contributed by atoms with Crippen LogP contribution in [-0.4, -0.2) is 32.0 Å². The molecule has 18 heavy (non-hydrogen) atoms. The van der Waals surface area contributed by atoms with Gasteiger partial charge >= 0.3 is 0 Å². The number of benzene rings is 1. The number of hydrogen-bond acceptors (Lipinski definition) is 3. The summed E-state index contributed by atoms with van der Waals surface area (Å²) < 4.78 is 5.17. The Labute approximate surface area is 106 Å². The summed E-state index contributed by atoms with van der Waals surface area (Å²) in [7, 11) is 3.31. The van der Waals surface area contributed by atoms with Gasteiger partial charge in [0, 0.05) is 26.1 Å². The Bertz CT molecular complexity index is 499. The van der Waals surface area contributed by atoms with E-state index in [-0.39, 0.29) is 11.8 Å². The molecule has 0 radical (unpaired) electrons. The fourth-order valence-electron chi connectivity index (χ4n) is 2.20. The second-order valence-corrected chi connectivity index (χ2v) is 4.35. The summed E-state index contributed by atoms with van der Waals surface area (Å²) in [6, 6.07) is 5.08. The first-order valence-electron chi connectivity index (χ1n) is 5.74. The molecule has 1 aromatic rings. The highest BCUT2D eigenvalue weighted by molar-refractivity contribution is 6.01. The highest BCUT2D eigenvalue weighted by Crippen LogP contribution is 2.30. The lowest BCUT2D eigenvalue weighted by Gasteiger charge is -2.31. The second kappa shape index (κ2) is 4.68. The zero-order valence-electron chi connectivity index (χ0n) is 10.7. The lowest BCUT2D eigenvalue weighted by Crippen LogP contribution is -2.51. The number of amides is 2. The number of carbonyl (C=O) groups excluding carboxylic acids is 2. The average molecular weight is 248 g/mol. The van der Waals surface area contributed by atoms with Crippen molar-refractivity contribution in [3.05, 3.63) is 23.8 Å². The number of nitrogens with zero attached hydrogens (tertiary/aromatic N) is 1. The van der Waals surface area contributed by atoms with Gasteiger partial charge in [-0.2, -0.15) is 0 Å². The van der Waals surface area contributed by atoms with Crippen LogP contribution in [-0.2, 0) is 16.0 Å². The maximum atomic E-state index is 12.1. The van der Waals surface area contributed by atoms with Gasteiger partial charge < -0.3 is 15.0 Å². The number of fused-ring (bicyclic) bond motifs is 1. The molecule has 0 fully saturated rings. The van der Waals surface area contributed by atoms with Crippen LogP contribution in [0, 0.1) is 0 Å². The molecule has 0 saturated carbocycles. The van der Waals surface area contributed by atoms with Crippen LogP contribution in [0.15, 0.2) is 18.2 Å². The van der Waals surface area contributed by atoms with Crippen molar-refractivity contribution in [2.24, 2.45) is 0 Å². The number of likely N-dealkylation sites (N-methyl/N-ethyl adjacent to an activating group) is 1. The molecule has 0 bridgehead atoms. The van der Waals surface area contributed by atoms with Crippen LogP contribution in [0.2, 0.25) is 0 Å². The van der Waals surface area contributed by atoms with Gasteiger partial charge in [0.2, 0.25) is 11.8 Å². The van der Waals surface area contributed by atoms with Gasteiger partial charge in [-0.25, -0.2) is 0 Å². The average Bonchev–Trinajstić information content (AvgIpc) is 2.34. The van der Waals surface area contributed by atoms with Gasteiger partial charge in [-0.05, 0) is 23.8 Å². The SMILES string of the molecule is COc1ccc2c(c1)CC(NC(C)=O)C(=O)N2C. The Hall–Kier alpha value is -2.04. The predicted molar refractivity (Wildman–Crippen MR) is 67.7 cm³/mol. The Kier molecular flexibility index (Phi) is 3.23. The van der Waals surface area contributed by atoms with Crippen molar-refractivity contribution in [1.82, 2.24) is 5.32 Å². The van der Waals surface area contributed by atoms with E-state index in [0.717, 1.165) is 17.0 Å². The number of methoxy groups -OCH3 is 1. The molecule has 1 aliphatic rings. The van der Waals surface area contributed by atoms with Crippen molar-refractivity contribution in [3.8, 4) is 5.75 Å². The molecule has 1 atom stereocenters. The van der Waals surface area contributed by atoms with Gasteiger partial charge in [0.25, 0.3) is 0 Å². The van der Waals surface area contributed by atoms with Crippen LogP contribution in [0.1, 0.15) is 12.5 Å². The molecule has 0 saturated heterocycles. The van der Waals surface area contributed by atoms with Crippen LogP contribution in [0.3, 0.4) is 0 Å². The molecule has 0 aromatic heterocycles. The lowest BCUT2D eigenvalue weighted by atomic mass is 9.97. The molecule has 1 N–H and O–H groups in total. The normalized spacial score (nSPS) is 18.3. The van der Waals surface area contributed by atoms with E-state index in [0.29, 0.717) is 6.42 Å². The fourth-order valence-corrected chi connectivity index (χ4v) is 2.20. The third kappa shape index (κ3) is 2.16. The molecule has 96 valence electrons. The van der Waals surface area contributed by atoms with Crippen molar-refractivity contribution in [2.75, 3.05) is 19.1 Å². The number of nitrogens with one attached hydrogen (secondary N) is 1. The summed E-state index contributed by atoms with van der Waals surface area (Å²) in [4.78, 5) is 24.7. The quantitative estimate of drug-likeness (QED) is 0.839. The van der Waals surface area contributed by atoms with Gasteiger partial charge in [-0.3, -0.25) is 9.59 Å². The van der Waals surface area contributed by atoms with Gasteiger partial charge in [-0.15, -0.1) is 0 Å². The first-order chi connectivity index (χ1) is 8.52. The number of anilines is 1. The Balaban J connectivity index is 2.35. The van der Waals surface area contributed by atoms with Crippen LogP contribution in [0.5, 0.6) is 5.75 Å². The molecule has 0 aliphatic carbocycles. The molecule has 1 aliphatic heterocycles. The summed E-state index contributed by atoms with van der Waals surface area (Å²) in [5.74, 6) is 0.453. The molecular formula is C13H16N2O3. The van der Waals surface area contributed by atoms with Gasteiger partial charge in [0.1, 0.15) is 11.8 Å². The summed E-state index contributed by atoms with van der Waals surface area (Å²) in [5.41, 5.74) is 1.86. The third-order valence-electron chi connectivity index (χ3n) is 3.08. The van der Waals surface area contributed by atoms with E-state index >= 15 is 0 Å². The number of ether oxygens (including phenoxy) is 1. The van der Waals surface area contributed by atoms with Crippen molar-refractivity contribution in [2.45, 2.75) is 19.4 Å². The first kappa shape index (κ1) is 12.4. The maximum absolute atomic E-state index is 12.1. The molecule has 0 spiro atoms. The largest absolute Gasteiger partial charge is 0.497 e. The van der Waals surface area contributed by atoms with E-state index in [2.05, 4.69) is 5.32 Å². The highest BCUT2D eigenvalue weighted by atomic mass is 16.5. The van der Waals surface area contributed by atoms with E-state index in [4.69, 9.17) is 4.74 Å². The monoisotopic (exact) mass is 248 g/mol. The van der Waals surface area contributed by atoms with E-state index in [1.54, 1.807) is 19.1 Å². The molecule has 5 heteroatoms. The van der Waals surface area contributed by atoms with Crippen LogP contribution >= 0.6 is 0 Å². The smallest absolute Gasteiger partial charge is 0.249 e. The van der Waals surface area contributed by atoms with Crippen LogP contribution in [0.25, 0.3) is 0 Å². The maximum Gasteiger partial charge on any atom is 0.249 e. The van der Waals surface area contributed by atoms with E-state index in [1.165, 1.54) is 6.92 Å². The predicted octanol–water partition coefficient (Wildman–Crippen LogP) is 0.719. The standard InChI is InChI=1S/C13H16N2O3/c1-8(16)14-11-7-9-6-10(18-3)4-5-12(9)15(2)13(11)17/h4-6,11H,7H2,1-3H3,(H,14,16). The molecule has 1 unspecified atom stereocenters. The molecule has 2 rings (SSSR count). The lowest BCUT2D eigenvalue weighted by molar-refractivity contribution is -0.126. The number of hydrogen-bond donors (Lipinski definition) is 1. The van der Waals surface area contributed by atoms with E-state index in [9.17, 15) is 9.59 Å². The van der Waals surface area contributed by atoms with E-state index in [1.807, 2.05) is 18.2 Å². The summed E-state index contributed by atoms with van der Waals surface area (Å²) in [5, 5.41) is 2.67. The van der Waals surface area contributed by atoms with Crippen molar-refractivity contribution < 1.29 is 14.3 Å². The van der Waals surface area contributed by atoms with Gasteiger partial charge in [-0.1, -0.05) is 0 Å². The topological polar surface area (TPSA) is 58.6 Å². The van der Waals surface area contributed by atoms with Gasteiger partial charge in [0.15, 0.2) is 0 Å². The van der Waals surface area contributed by atoms with E-state index < -0.39 is 6.04 Å². The fraction of sp³-hybridized carbons (Fsp3) is 0.385. The highest BCUT2D eigenvalue weighted by Gasteiger charge is 2.31. The minimum Gasteiger partial charge on any atom is -0.497 e. The Morgan fingerprint density at radius 2 is 2.22 bits per heavy atom. The molecule has 1 aromatic carbocycles. The number of rotatable bonds is 2. The summed E-state index contributed by atoms with van der Waals surface area (Å²) in [6.45, 7) is 1.41. The third-order valence-corrected chi connectivity index (χ3v) is 3.08. The molecule has 2 amide bonds. The zero-order chi connectivity index (χ0) is 13.3. The first-order valence-corrected chi connectivity index (χ1v) is 5.74. The summed E-state index contributed by atoms with van der Waals surface area (Å²) >= 11 is 0. The van der Waals surface area contributed by atoms with Crippen molar-refractivity contribution in [3.63, 3.8) is 0 Å². The molecular weight excluding hydrogens is 232 g/mol. The zero-order valence-corrected chi connectivity index (χ0v) is 10.7. The van der Waals surface area contributed by atoms with Crippen LogP contribution in [0.4, 0.5) is 5.69 Å². The minimum absolute atomic E-state index is 0.0946. The molecule has 1 heterocycles. The molecule has 5 nitrogen and oxygen atoms in total. The van der Waals surface area contributed by atoms with Gasteiger partial charge in [0.05, 0.1) is 7.11 Å². The Morgan fingerprint density at radius 3 is 2.83 bits per heavy atom.